The number of methoxy groups -OCH3 is 1. The topological polar surface area (TPSA) is 85.9 Å². The summed E-state index contributed by atoms with van der Waals surface area (Å²) in [5, 5.41) is 6.01. The highest BCUT2D eigenvalue weighted by Gasteiger charge is 2.25. The van der Waals surface area contributed by atoms with Crippen LogP contribution in [0.1, 0.15) is 53.5 Å². The maximum atomic E-state index is 12.4. The van der Waals surface area contributed by atoms with E-state index in [-0.39, 0.29) is 6.42 Å². The number of alkyl carbamates (subject to hydrolysis) is 1. The summed E-state index contributed by atoms with van der Waals surface area (Å²) < 4.78 is 16.3. The van der Waals surface area contributed by atoms with Crippen molar-refractivity contribution >= 4 is 29.4 Å². The normalized spacial score (nSPS) is 12.7. The van der Waals surface area contributed by atoms with Gasteiger partial charge in [-0.05, 0) is 71.7 Å². The lowest BCUT2D eigenvalue weighted by atomic mass is 10.0. The molecule has 0 aliphatic carbocycles. The van der Waals surface area contributed by atoms with Crippen molar-refractivity contribution < 1.29 is 23.8 Å². The third-order valence-corrected chi connectivity index (χ3v) is 3.91. The summed E-state index contributed by atoms with van der Waals surface area (Å²) in [7, 11) is 1.58. The van der Waals surface area contributed by atoms with Gasteiger partial charge in [0, 0.05) is 24.2 Å². The van der Waals surface area contributed by atoms with E-state index in [0.29, 0.717) is 24.6 Å². The summed E-state index contributed by atoms with van der Waals surface area (Å²) >= 11 is 5.75. The lowest BCUT2D eigenvalue weighted by molar-refractivity contribution is -0.155. The van der Waals surface area contributed by atoms with Gasteiger partial charge in [0.2, 0.25) is 0 Å². The Morgan fingerprint density at radius 3 is 2.23 bits per heavy atom. The predicted octanol–water partition coefficient (Wildman–Crippen LogP) is 4.51. The van der Waals surface area contributed by atoms with Crippen molar-refractivity contribution in [2.24, 2.45) is 0 Å². The van der Waals surface area contributed by atoms with E-state index in [1.54, 1.807) is 48.7 Å². The van der Waals surface area contributed by atoms with Crippen LogP contribution in [-0.4, -0.2) is 48.8 Å². The molecule has 1 aromatic rings. The van der Waals surface area contributed by atoms with Crippen LogP contribution >= 0.6 is 11.6 Å². The lowest BCUT2D eigenvalue weighted by Gasteiger charge is -2.25. The Balaban J connectivity index is 3.05. The van der Waals surface area contributed by atoms with Crippen LogP contribution in [0, 0.1) is 0 Å². The van der Waals surface area contributed by atoms with Gasteiger partial charge in [0.25, 0.3) is 0 Å². The number of halogens is 1. The second-order valence-electron chi connectivity index (χ2n) is 8.98. The number of carbonyl (C=O) groups is 2. The van der Waals surface area contributed by atoms with Gasteiger partial charge in [0.05, 0.1) is 13.5 Å². The molecule has 0 aliphatic rings. The molecular weight excluding hydrogens is 408 g/mol. The summed E-state index contributed by atoms with van der Waals surface area (Å²) in [4.78, 5) is 24.8. The fourth-order valence-electron chi connectivity index (χ4n) is 2.74. The third-order valence-electron chi connectivity index (χ3n) is 3.72. The van der Waals surface area contributed by atoms with Crippen molar-refractivity contribution in [3.05, 3.63) is 23.8 Å². The molecular formula is C22H35ClN2O5. The summed E-state index contributed by atoms with van der Waals surface area (Å²) in [5.74, 6) is 0.730. The molecule has 0 spiro atoms. The van der Waals surface area contributed by atoms with E-state index in [0.717, 1.165) is 11.3 Å². The van der Waals surface area contributed by atoms with E-state index < -0.39 is 29.3 Å². The van der Waals surface area contributed by atoms with Gasteiger partial charge in [-0.15, -0.1) is 11.6 Å². The van der Waals surface area contributed by atoms with Crippen molar-refractivity contribution in [2.45, 2.75) is 71.6 Å². The van der Waals surface area contributed by atoms with E-state index in [2.05, 4.69) is 10.6 Å². The highest BCUT2D eigenvalue weighted by atomic mass is 35.5. The summed E-state index contributed by atoms with van der Waals surface area (Å²) in [6.45, 7) is 11.4. The van der Waals surface area contributed by atoms with Gasteiger partial charge in [-0.1, -0.05) is 0 Å². The molecule has 30 heavy (non-hydrogen) atoms. The molecule has 0 bridgehead atoms. The number of rotatable bonds is 9. The number of amides is 1. The molecule has 0 aliphatic heterocycles. The van der Waals surface area contributed by atoms with Crippen LogP contribution in [0.2, 0.25) is 0 Å². The van der Waals surface area contributed by atoms with Crippen molar-refractivity contribution in [3.63, 3.8) is 0 Å². The van der Waals surface area contributed by atoms with Crippen molar-refractivity contribution in [1.29, 1.82) is 0 Å². The molecule has 0 unspecified atom stereocenters. The fourth-order valence-corrected chi connectivity index (χ4v) is 2.83. The van der Waals surface area contributed by atoms with Crippen LogP contribution < -0.4 is 15.4 Å². The Morgan fingerprint density at radius 2 is 1.70 bits per heavy atom. The van der Waals surface area contributed by atoms with Crippen LogP contribution in [0.25, 0.3) is 0 Å². The van der Waals surface area contributed by atoms with Crippen LogP contribution in [0.4, 0.5) is 10.5 Å². The molecule has 1 aromatic carbocycles. The van der Waals surface area contributed by atoms with Gasteiger partial charge in [-0.25, -0.2) is 4.79 Å². The number of anilines is 1. The smallest absolute Gasteiger partial charge is 0.407 e. The predicted molar refractivity (Wildman–Crippen MR) is 120 cm³/mol. The first-order valence-corrected chi connectivity index (χ1v) is 10.5. The van der Waals surface area contributed by atoms with Gasteiger partial charge in [-0.2, -0.15) is 0 Å². The third kappa shape index (κ3) is 10.6. The number of nitrogens with one attached hydrogen (secondary N) is 2. The second kappa shape index (κ2) is 11.3. The minimum absolute atomic E-state index is 0.000989. The summed E-state index contributed by atoms with van der Waals surface area (Å²) in [6, 6.07) is 5.11. The maximum Gasteiger partial charge on any atom is 0.407 e. The van der Waals surface area contributed by atoms with Gasteiger partial charge >= 0.3 is 12.1 Å². The molecule has 7 nitrogen and oxygen atoms in total. The first-order chi connectivity index (χ1) is 13.8. The van der Waals surface area contributed by atoms with Gasteiger partial charge in [0.1, 0.15) is 17.0 Å². The molecule has 1 amide bonds. The van der Waals surface area contributed by atoms with Crippen LogP contribution in [0.3, 0.4) is 0 Å². The number of hydrogen-bond donors (Lipinski definition) is 2. The lowest BCUT2D eigenvalue weighted by Crippen LogP contribution is -2.42. The van der Waals surface area contributed by atoms with Crippen LogP contribution in [0.15, 0.2) is 18.2 Å². The average molecular weight is 443 g/mol. The Morgan fingerprint density at radius 1 is 1.07 bits per heavy atom. The van der Waals surface area contributed by atoms with Crippen molar-refractivity contribution in [2.75, 3.05) is 24.9 Å². The number of hydrogen-bond acceptors (Lipinski definition) is 6. The van der Waals surface area contributed by atoms with Crippen LogP contribution in [0.5, 0.6) is 5.75 Å². The van der Waals surface area contributed by atoms with Crippen molar-refractivity contribution in [1.82, 2.24) is 5.32 Å². The molecule has 8 heteroatoms. The quantitative estimate of drug-likeness (QED) is 0.432. The summed E-state index contributed by atoms with van der Waals surface area (Å²) in [5.41, 5.74) is 0.446. The van der Waals surface area contributed by atoms with Gasteiger partial charge in [0.15, 0.2) is 0 Å². The Bertz CT molecular complexity index is 680. The number of benzene rings is 1. The van der Waals surface area contributed by atoms with E-state index in [1.165, 1.54) is 0 Å². The molecule has 170 valence electrons. The van der Waals surface area contributed by atoms with Crippen molar-refractivity contribution in [3.8, 4) is 5.75 Å². The first-order valence-electron chi connectivity index (χ1n) is 10.0. The van der Waals surface area contributed by atoms with E-state index in [4.69, 9.17) is 25.8 Å². The number of ether oxygens (including phenoxy) is 3. The molecule has 0 saturated heterocycles. The fraction of sp³-hybridized carbons (Fsp3) is 0.636. The zero-order valence-corrected chi connectivity index (χ0v) is 19.8. The SMILES string of the molecule is COc1ccc(NCCCl)cc1C[C@@H](CC(=O)OC(C)(C)C)NC(=O)OC(C)(C)C. The number of alkyl halides is 1. The highest BCUT2D eigenvalue weighted by molar-refractivity contribution is 6.18. The molecule has 1 atom stereocenters. The molecule has 0 radical (unpaired) electrons. The Hall–Kier alpha value is -2.15. The number of esters is 1. The summed E-state index contributed by atoms with van der Waals surface area (Å²) in [6.07, 6.45) is -0.233. The van der Waals surface area contributed by atoms with E-state index in [1.807, 2.05) is 18.2 Å². The Kier molecular flexibility index (Phi) is 9.75. The second-order valence-corrected chi connectivity index (χ2v) is 9.36. The maximum absolute atomic E-state index is 12.4. The number of carbonyl (C=O) groups excluding carboxylic acids is 2. The molecule has 0 fully saturated rings. The highest BCUT2D eigenvalue weighted by Crippen LogP contribution is 2.25. The van der Waals surface area contributed by atoms with E-state index in [9.17, 15) is 9.59 Å². The zero-order valence-electron chi connectivity index (χ0n) is 19.1. The molecule has 0 saturated carbocycles. The zero-order chi connectivity index (χ0) is 22.9. The van der Waals surface area contributed by atoms with Gasteiger partial charge in [-0.3, -0.25) is 4.79 Å². The van der Waals surface area contributed by atoms with E-state index >= 15 is 0 Å². The average Bonchev–Trinajstić information content (AvgIpc) is 2.56. The molecule has 1 rings (SSSR count). The van der Waals surface area contributed by atoms with Crippen LogP contribution in [-0.2, 0) is 20.7 Å². The first kappa shape index (κ1) is 25.9. The Labute approximate surface area is 184 Å². The minimum Gasteiger partial charge on any atom is -0.496 e. The van der Waals surface area contributed by atoms with Gasteiger partial charge < -0.3 is 24.8 Å². The monoisotopic (exact) mass is 442 g/mol. The minimum atomic E-state index is -0.649. The standard InChI is InChI=1S/C22H35ClN2O5/c1-21(2,3)29-19(26)14-17(25-20(27)30-22(4,5)6)13-15-12-16(24-11-10-23)8-9-18(15)28-7/h8-9,12,17,24H,10-11,13-14H2,1-7H3,(H,25,27)/t17-/m0/s1. The molecule has 0 heterocycles. The molecule has 0 aromatic heterocycles. The largest absolute Gasteiger partial charge is 0.496 e. The molecule has 2 N–H and O–H groups in total.